The van der Waals surface area contributed by atoms with Gasteiger partial charge in [-0.1, -0.05) is 44.2 Å². The number of ether oxygens (including phenoxy) is 1. The first-order valence-electron chi connectivity index (χ1n) is 17.8. The summed E-state index contributed by atoms with van der Waals surface area (Å²) in [5.74, 6) is -0.570. The molecule has 3 saturated carbocycles. The molecule has 10 heteroatoms. The van der Waals surface area contributed by atoms with Gasteiger partial charge in [0, 0.05) is 53.6 Å². The Labute approximate surface area is 280 Å². The van der Waals surface area contributed by atoms with E-state index in [1.54, 1.807) is 0 Å². The SMILES string of the molecule is C[C@]12CC[C@H]3[C@]4(C=C[C@@]5(C=C4C(=O)c4cccc(C(F)(F)F)c4)CC(O)CC[C@]35C)[C@@H]1CC[C@@]2(O)CN(C[C@H](O)CO)C[C@H]1CCCO1. The Bertz CT molecular complexity index is 1490. The lowest BCUT2D eigenvalue weighted by atomic mass is 9.32. The summed E-state index contributed by atoms with van der Waals surface area (Å²) in [6.07, 6.45) is 6.50. The summed E-state index contributed by atoms with van der Waals surface area (Å²) in [5.41, 5.74) is -3.85. The van der Waals surface area contributed by atoms with E-state index in [9.17, 15) is 38.4 Å². The zero-order chi connectivity index (χ0) is 34.3. The number of carbonyl (C=O) groups is 1. The fourth-order valence-electron chi connectivity index (χ4n) is 11.6. The fraction of sp³-hybridized carbons (Fsp3) is 0.711. The first-order chi connectivity index (χ1) is 22.6. The number of nitrogens with zero attached hydrogens (tertiary/aromatic N) is 1. The van der Waals surface area contributed by atoms with Crippen LogP contribution in [0.4, 0.5) is 13.2 Å². The first kappa shape index (κ1) is 34.4. The van der Waals surface area contributed by atoms with E-state index in [2.05, 4.69) is 26.0 Å². The molecule has 7 nitrogen and oxygen atoms in total. The Kier molecular flexibility index (Phi) is 8.41. The largest absolute Gasteiger partial charge is 0.416 e. The number of alkyl halides is 3. The maximum absolute atomic E-state index is 14.7. The molecule has 4 N–H and O–H groups in total. The molecule has 1 heterocycles. The van der Waals surface area contributed by atoms with Crippen molar-refractivity contribution >= 4 is 5.78 Å². The molecule has 1 aromatic carbocycles. The number of hydrogen-bond donors (Lipinski definition) is 4. The van der Waals surface area contributed by atoms with Gasteiger partial charge >= 0.3 is 6.18 Å². The molecular formula is C38H50F3NO6. The third kappa shape index (κ3) is 5.02. The van der Waals surface area contributed by atoms with Crippen molar-refractivity contribution in [3.05, 3.63) is 59.2 Å². The van der Waals surface area contributed by atoms with Gasteiger partial charge in [-0.2, -0.15) is 13.2 Å². The van der Waals surface area contributed by atoms with Crippen LogP contribution in [-0.2, 0) is 10.9 Å². The minimum atomic E-state index is -4.59. The highest BCUT2D eigenvalue weighted by molar-refractivity contribution is 6.10. The summed E-state index contributed by atoms with van der Waals surface area (Å²) in [4.78, 5) is 16.7. The number of halogens is 3. The number of benzene rings is 1. The Morgan fingerprint density at radius 3 is 2.50 bits per heavy atom. The summed E-state index contributed by atoms with van der Waals surface area (Å²) in [6.45, 7) is 5.66. The lowest BCUT2D eigenvalue weighted by Gasteiger charge is -2.71. The third-order valence-corrected chi connectivity index (χ3v) is 14.1. The van der Waals surface area contributed by atoms with E-state index in [0.29, 0.717) is 50.8 Å². The maximum Gasteiger partial charge on any atom is 0.416 e. The summed E-state index contributed by atoms with van der Waals surface area (Å²) >= 11 is 0. The Balaban J connectivity index is 1.30. The molecule has 1 aliphatic heterocycles. The molecule has 1 unspecified atom stereocenters. The van der Waals surface area contributed by atoms with Crippen LogP contribution in [0.25, 0.3) is 0 Å². The van der Waals surface area contributed by atoms with Crippen LogP contribution in [0.1, 0.15) is 87.6 Å². The van der Waals surface area contributed by atoms with E-state index in [1.807, 2.05) is 11.0 Å². The molecule has 0 amide bonds. The van der Waals surface area contributed by atoms with Crippen molar-refractivity contribution in [3.8, 4) is 0 Å². The second-order valence-corrected chi connectivity index (χ2v) is 16.4. The van der Waals surface area contributed by atoms with Gasteiger partial charge in [-0.3, -0.25) is 9.69 Å². The van der Waals surface area contributed by atoms with Crippen LogP contribution >= 0.6 is 0 Å². The van der Waals surface area contributed by atoms with Crippen molar-refractivity contribution < 1.29 is 43.1 Å². The molecular weight excluding hydrogens is 623 g/mol. The van der Waals surface area contributed by atoms with Crippen molar-refractivity contribution in [2.24, 2.45) is 33.5 Å². The molecule has 7 aliphatic rings. The summed E-state index contributed by atoms with van der Waals surface area (Å²) in [7, 11) is 0. The zero-order valence-electron chi connectivity index (χ0n) is 28.0. The minimum absolute atomic E-state index is 0.000811. The average molecular weight is 674 g/mol. The zero-order valence-corrected chi connectivity index (χ0v) is 28.0. The Morgan fingerprint density at radius 2 is 1.79 bits per heavy atom. The van der Waals surface area contributed by atoms with E-state index in [0.717, 1.165) is 37.8 Å². The van der Waals surface area contributed by atoms with Crippen molar-refractivity contribution in [2.75, 3.05) is 32.8 Å². The van der Waals surface area contributed by atoms with E-state index < -0.39 is 58.2 Å². The minimum Gasteiger partial charge on any atom is -0.394 e. The predicted octanol–water partition coefficient (Wildman–Crippen LogP) is 5.31. The summed E-state index contributed by atoms with van der Waals surface area (Å²) in [6, 6.07) is 4.69. The quantitative estimate of drug-likeness (QED) is 0.208. The number of Topliss-reactive ketones (excluding diaryl/α,β-unsaturated/α-hetero) is 1. The molecule has 10 atom stereocenters. The first-order valence-corrected chi connectivity index (χ1v) is 17.8. The van der Waals surface area contributed by atoms with Crippen LogP contribution in [0.15, 0.2) is 48.1 Å². The molecule has 48 heavy (non-hydrogen) atoms. The van der Waals surface area contributed by atoms with Crippen LogP contribution in [0.5, 0.6) is 0 Å². The molecule has 2 bridgehead atoms. The Hall–Kier alpha value is -2.08. The van der Waals surface area contributed by atoms with Gasteiger partial charge in [0.15, 0.2) is 5.78 Å². The average Bonchev–Trinajstić information content (AvgIpc) is 3.65. The Morgan fingerprint density at radius 1 is 1.06 bits per heavy atom. The van der Waals surface area contributed by atoms with Crippen LogP contribution < -0.4 is 0 Å². The van der Waals surface area contributed by atoms with E-state index in [1.165, 1.54) is 12.1 Å². The van der Waals surface area contributed by atoms with E-state index in [4.69, 9.17) is 4.74 Å². The number of ketones is 1. The fourth-order valence-corrected chi connectivity index (χ4v) is 11.6. The van der Waals surface area contributed by atoms with Crippen LogP contribution in [0, 0.1) is 33.5 Å². The predicted molar refractivity (Wildman–Crippen MR) is 173 cm³/mol. The number of allylic oxidation sites excluding steroid dienone is 4. The highest BCUT2D eigenvalue weighted by Crippen LogP contribution is 2.78. The monoisotopic (exact) mass is 673 g/mol. The molecule has 1 aromatic rings. The van der Waals surface area contributed by atoms with Crippen molar-refractivity contribution in [1.29, 1.82) is 0 Å². The standard InChI is InChI=1S/C38H50F3NO6/c1-33-11-8-26(44)18-35(33)14-15-37(29(19-35)32(46)24-5-3-6-25(17-24)38(39,40)41)30(33)9-12-34(2)31(37)10-13-36(34,47)23-42(20-27(45)22-43)21-28-7-4-16-48-28/h3,5-6,14-15,17,19,26-28,30-31,43-45,47H,4,7-13,16,18,20-23H2,1-2H3/t26?,27-,28+,30+,31+,33+,34-,35-,36+,37+/m0/s1. The smallest absolute Gasteiger partial charge is 0.394 e. The number of aliphatic hydroxyl groups is 4. The molecule has 264 valence electrons. The van der Waals surface area contributed by atoms with E-state index >= 15 is 0 Å². The molecule has 8 rings (SSSR count). The second-order valence-electron chi connectivity index (χ2n) is 16.4. The van der Waals surface area contributed by atoms with Crippen molar-refractivity contribution in [2.45, 2.75) is 102 Å². The lowest BCUT2D eigenvalue weighted by molar-refractivity contribution is -0.177. The van der Waals surface area contributed by atoms with Gasteiger partial charge < -0.3 is 25.2 Å². The van der Waals surface area contributed by atoms with Crippen LogP contribution in [0.2, 0.25) is 0 Å². The van der Waals surface area contributed by atoms with Gasteiger partial charge in [-0.25, -0.2) is 0 Å². The normalized spacial score (nSPS) is 42.3. The number of aliphatic hydroxyl groups excluding tert-OH is 3. The van der Waals surface area contributed by atoms with Gasteiger partial charge in [0.25, 0.3) is 0 Å². The molecule has 4 fully saturated rings. The molecule has 0 aromatic heterocycles. The molecule has 1 saturated heterocycles. The summed E-state index contributed by atoms with van der Waals surface area (Å²) in [5, 5.41) is 43.8. The summed E-state index contributed by atoms with van der Waals surface area (Å²) < 4.78 is 47.4. The van der Waals surface area contributed by atoms with E-state index in [-0.39, 0.29) is 42.0 Å². The van der Waals surface area contributed by atoms with Gasteiger partial charge in [0.05, 0.1) is 36.1 Å². The highest BCUT2D eigenvalue weighted by Gasteiger charge is 2.74. The number of fused-ring (bicyclic) bond motifs is 1. The highest BCUT2D eigenvalue weighted by atomic mass is 19.4. The van der Waals surface area contributed by atoms with Gasteiger partial charge in [-0.05, 0) is 87.2 Å². The number of rotatable bonds is 9. The molecule has 2 spiro atoms. The van der Waals surface area contributed by atoms with Crippen molar-refractivity contribution in [3.63, 3.8) is 0 Å². The third-order valence-electron chi connectivity index (χ3n) is 14.1. The van der Waals surface area contributed by atoms with Crippen molar-refractivity contribution in [1.82, 2.24) is 4.90 Å². The topological polar surface area (TPSA) is 110 Å². The lowest BCUT2D eigenvalue weighted by Crippen LogP contribution is -2.67. The van der Waals surface area contributed by atoms with Gasteiger partial charge in [0.1, 0.15) is 0 Å². The molecule has 6 aliphatic carbocycles. The molecule has 0 radical (unpaired) electrons. The second kappa shape index (κ2) is 11.7. The van der Waals surface area contributed by atoms with Crippen LogP contribution in [-0.4, -0.2) is 87.9 Å². The van der Waals surface area contributed by atoms with Gasteiger partial charge in [-0.15, -0.1) is 0 Å². The van der Waals surface area contributed by atoms with Crippen LogP contribution in [0.3, 0.4) is 0 Å². The number of carbonyl (C=O) groups excluding carboxylic acids is 1. The number of hydrogen-bond acceptors (Lipinski definition) is 7. The maximum atomic E-state index is 14.7. The van der Waals surface area contributed by atoms with Gasteiger partial charge in [0.2, 0.25) is 0 Å².